The predicted molar refractivity (Wildman–Crippen MR) is 108 cm³/mol. The molecule has 1 aliphatic rings. The van der Waals surface area contributed by atoms with Crippen LogP contribution in [-0.4, -0.2) is 56.0 Å². The maximum atomic E-state index is 12.8. The number of carbonyl (C=O) groups is 2. The van der Waals surface area contributed by atoms with Gasteiger partial charge in [0.1, 0.15) is 0 Å². The van der Waals surface area contributed by atoms with Crippen molar-refractivity contribution >= 4 is 11.7 Å². The van der Waals surface area contributed by atoms with Crippen molar-refractivity contribution in [2.45, 2.75) is 46.1 Å². The van der Waals surface area contributed by atoms with Gasteiger partial charge < -0.3 is 10.1 Å². The molecule has 150 valence electrons. The smallest absolute Gasteiger partial charge is 0.234 e. The predicted octanol–water partition coefficient (Wildman–Crippen LogP) is 2.93. The second kappa shape index (κ2) is 10.6. The molecule has 1 aromatic carbocycles. The second-order valence-corrected chi connectivity index (χ2v) is 8.13. The third-order valence-corrected chi connectivity index (χ3v) is 5.03. The van der Waals surface area contributed by atoms with Gasteiger partial charge in [0.25, 0.3) is 0 Å². The van der Waals surface area contributed by atoms with E-state index in [-0.39, 0.29) is 23.7 Å². The number of likely N-dealkylation sites (tertiary alicyclic amines) is 1. The number of ketones is 1. The second-order valence-electron chi connectivity index (χ2n) is 8.13. The van der Waals surface area contributed by atoms with E-state index in [9.17, 15) is 9.59 Å². The van der Waals surface area contributed by atoms with Crippen molar-refractivity contribution in [3.8, 4) is 0 Å². The highest BCUT2D eigenvalue weighted by atomic mass is 16.5. The van der Waals surface area contributed by atoms with Crippen molar-refractivity contribution < 1.29 is 14.3 Å². The molecule has 1 aliphatic heterocycles. The Bertz CT molecular complexity index is 604. The first-order valence-corrected chi connectivity index (χ1v) is 10.0. The minimum Gasteiger partial charge on any atom is -0.383 e. The summed E-state index contributed by atoms with van der Waals surface area (Å²) in [5, 5.41) is 2.93. The molecular weight excluding hydrogens is 340 g/mol. The molecule has 5 heteroatoms. The van der Waals surface area contributed by atoms with E-state index in [4.69, 9.17) is 4.74 Å². The summed E-state index contributed by atoms with van der Waals surface area (Å²) in [6, 6.07) is 8.11. The summed E-state index contributed by atoms with van der Waals surface area (Å²) >= 11 is 0. The van der Waals surface area contributed by atoms with Gasteiger partial charge in [-0.05, 0) is 50.8 Å². The number of amides is 1. The number of hydrogen-bond donors (Lipinski definition) is 1. The molecular formula is C22H34N2O3. The van der Waals surface area contributed by atoms with Gasteiger partial charge in [0.15, 0.2) is 5.78 Å². The average Bonchev–Trinajstić information content (AvgIpc) is 2.62. The van der Waals surface area contributed by atoms with Crippen molar-refractivity contribution in [3.05, 3.63) is 35.4 Å². The largest absolute Gasteiger partial charge is 0.383 e. The zero-order valence-corrected chi connectivity index (χ0v) is 17.2. The fourth-order valence-corrected chi connectivity index (χ4v) is 3.68. The summed E-state index contributed by atoms with van der Waals surface area (Å²) < 4.78 is 5.04. The van der Waals surface area contributed by atoms with Crippen LogP contribution in [-0.2, 0) is 16.0 Å². The SMILES string of the molecule is COC[C@H](C)NC(=O)CN1CCC(C(=O)c2ccc(CC(C)C)cc2)CC1. The number of ether oxygens (including phenoxy) is 1. The first-order valence-electron chi connectivity index (χ1n) is 10.0. The fraction of sp³-hybridized carbons (Fsp3) is 0.636. The van der Waals surface area contributed by atoms with E-state index >= 15 is 0 Å². The fourth-order valence-electron chi connectivity index (χ4n) is 3.68. The number of nitrogens with zero attached hydrogens (tertiary/aromatic N) is 1. The molecule has 1 atom stereocenters. The molecule has 1 saturated heterocycles. The van der Waals surface area contributed by atoms with Crippen molar-refractivity contribution in [2.24, 2.45) is 11.8 Å². The first kappa shape index (κ1) is 21.6. The normalized spacial score (nSPS) is 17.1. The van der Waals surface area contributed by atoms with Gasteiger partial charge in [0.2, 0.25) is 5.91 Å². The van der Waals surface area contributed by atoms with Crippen LogP contribution in [0.1, 0.15) is 49.5 Å². The zero-order valence-electron chi connectivity index (χ0n) is 17.2. The number of hydrogen-bond acceptors (Lipinski definition) is 4. The molecule has 2 rings (SSSR count). The summed E-state index contributed by atoms with van der Waals surface area (Å²) in [7, 11) is 1.63. The highest BCUT2D eigenvalue weighted by Gasteiger charge is 2.26. The molecule has 0 aromatic heterocycles. The van der Waals surface area contributed by atoms with Gasteiger partial charge in [-0.2, -0.15) is 0 Å². The van der Waals surface area contributed by atoms with Crippen LogP contribution in [0.15, 0.2) is 24.3 Å². The number of benzene rings is 1. The molecule has 1 heterocycles. The molecule has 5 nitrogen and oxygen atoms in total. The highest BCUT2D eigenvalue weighted by Crippen LogP contribution is 2.22. The van der Waals surface area contributed by atoms with Crippen molar-refractivity contribution in [3.63, 3.8) is 0 Å². The van der Waals surface area contributed by atoms with E-state index in [1.165, 1.54) is 5.56 Å². The Morgan fingerprint density at radius 1 is 1.15 bits per heavy atom. The van der Waals surface area contributed by atoms with Gasteiger partial charge in [-0.1, -0.05) is 38.1 Å². The van der Waals surface area contributed by atoms with Crippen LogP contribution < -0.4 is 5.32 Å². The summed E-state index contributed by atoms with van der Waals surface area (Å²) in [5.74, 6) is 0.937. The molecule has 0 spiro atoms. The lowest BCUT2D eigenvalue weighted by Gasteiger charge is -2.31. The maximum Gasteiger partial charge on any atom is 0.234 e. The van der Waals surface area contributed by atoms with E-state index in [1.807, 2.05) is 19.1 Å². The molecule has 1 fully saturated rings. The summed E-state index contributed by atoms with van der Waals surface area (Å²) in [4.78, 5) is 27.0. The summed E-state index contributed by atoms with van der Waals surface area (Å²) in [5.41, 5.74) is 2.09. The Morgan fingerprint density at radius 3 is 2.33 bits per heavy atom. The maximum absolute atomic E-state index is 12.8. The standard InChI is InChI=1S/C22H34N2O3/c1-16(2)13-18-5-7-19(8-6-18)22(26)20-9-11-24(12-10-20)14-21(25)23-17(3)15-27-4/h5-8,16-17,20H,9-15H2,1-4H3,(H,23,25)/t17-/m0/s1. The lowest BCUT2D eigenvalue weighted by atomic mass is 9.88. The lowest BCUT2D eigenvalue weighted by molar-refractivity contribution is -0.123. The molecule has 1 N–H and O–H groups in total. The van der Waals surface area contributed by atoms with E-state index in [0.717, 1.165) is 37.9 Å². The van der Waals surface area contributed by atoms with Crippen LogP contribution in [0.2, 0.25) is 0 Å². The van der Waals surface area contributed by atoms with Gasteiger partial charge in [0, 0.05) is 24.6 Å². The Hall–Kier alpha value is -1.72. The van der Waals surface area contributed by atoms with Crippen molar-refractivity contribution in [2.75, 3.05) is 33.4 Å². The zero-order chi connectivity index (χ0) is 19.8. The summed E-state index contributed by atoms with van der Waals surface area (Å²) in [6.45, 7) is 8.80. The van der Waals surface area contributed by atoms with Crippen LogP contribution in [0.5, 0.6) is 0 Å². The minimum atomic E-state index is 0.0142. The van der Waals surface area contributed by atoms with Crippen LogP contribution in [0.25, 0.3) is 0 Å². The third kappa shape index (κ3) is 7.07. The Labute approximate surface area is 163 Å². The van der Waals surface area contributed by atoms with Crippen LogP contribution >= 0.6 is 0 Å². The third-order valence-electron chi connectivity index (χ3n) is 5.03. The molecule has 1 aromatic rings. The average molecular weight is 375 g/mol. The van der Waals surface area contributed by atoms with Crippen LogP contribution in [0.4, 0.5) is 0 Å². The summed E-state index contributed by atoms with van der Waals surface area (Å²) in [6.07, 6.45) is 2.67. The van der Waals surface area contributed by atoms with E-state index < -0.39 is 0 Å². The van der Waals surface area contributed by atoms with E-state index in [0.29, 0.717) is 19.1 Å². The minimum absolute atomic E-state index is 0.0142. The van der Waals surface area contributed by atoms with Gasteiger partial charge in [-0.3, -0.25) is 14.5 Å². The van der Waals surface area contributed by atoms with Crippen LogP contribution in [0, 0.1) is 11.8 Å². The topological polar surface area (TPSA) is 58.6 Å². The van der Waals surface area contributed by atoms with Gasteiger partial charge in [-0.25, -0.2) is 0 Å². The monoisotopic (exact) mass is 374 g/mol. The highest BCUT2D eigenvalue weighted by molar-refractivity contribution is 5.98. The first-order chi connectivity index (χ1) is 12.9. The Kier molecular flexibility index (Phi) is 8.45. The number of carbonyl (C=O) groups excluding carboxylic acids is 2. The number of nitrogens with one attached hydrogen (secondary N) is 1. The molecule has 0 aliphatic carbocycles. The molecule has 0 bridgehead atoms. The van der Waals surface area contributed by atoms with Crippen molar-refractivity contribution in [1.29, 1.82) is 0 Å². The Balaban J connectivity index is 1.79. The van der Waals surface area contributed by atoms with Gasteiger partial charge in [0.05, 0.1) is 13.2 Å². The number of piperidine rings is 1. The lowest BCUT2D eigenvalue weighted by Crippen LogP contribution is -2.45. The van der Waals surface area contributed by atoms with E-state index in [2.05, 4.69) is 36.2 Å². The number of methoxy groups -OCH3 is 1. The van der Waals surface area contributed by atoms with Gasteiger partial charge in [-0.15, -0.1) is 0 Å². The quantitative estimate of drug-likeness (QED) is 0.675. The van der Waals surface area contributed by atoms with Crippen molar-refractivity contribution in [1.82, 2.24) is 10.2 Å². The van der Waals surface area contributed by atoms with Gasteiger partial charge >= 0.3 is 0 Å². The van der Waals surface area contributed by atoms with E-state index in [1.54, 1.807) is 7.11 Å². The molecule has 1 amide bonds. The molecule has 0 saturated carbocycles. The molecule has 0 radical (unpaired) electrons. The van der Waals surface area contributed by atoms with Crippen LogP contribution in [0.3, 0.4) is 0 Å². The molecule has 0 unspecified atom stereocenters. The Morgan fingerprint density at radius 2 is 1.78 bits per heavy atom. The number of Topliss-reactive ketones (excluding diaryl/α,β-unsaturated/α-hetero) is 1. The number of rotatable bonds is 9. The molecule has 27 heavy (non-hydrogen) atoms.